The molecule has 0 aliphatic carbocycles. The molecular formula is C11H8BrIOS. The Morgan fingerprint density at radius 3 is 2.33 bits per heavy atom. The highest BCUT2D eigenvalue weighted by molar-refractivity contribution is 14.1. The number of hydrogen-bond acceptors (Lipinski definition) is 2. The molecule has 78 valence electrons. The van der Waals surface area contributed by atoms with Gasteiger partial charge >= 0.3 is 0 Å². The van der Waals surface area contributed by atoms with Crippen LogP contribution in [-0.2, 0) is 0 Å². The van der Waals surface area contributed by atoms with Crippen LogP contribution in [0.25, 0.3) is 0 Å². The summed E-state index contributed by atoms with van der Waals surface area (Å²) in [6, 6.07) is 11.8. The van der Waals surface area contributed by atoms with Crippen molar-refractivity contribution in [2.45, 2.75) is 6.10 Å². The molecule has 1 nitrogen and oxygen atoms in total. The number of aliphatic hydroxyl groups excluding tert-OH is 1. The van der Waals surface area contributed by atoms with E-state index in [1.165, 1.54) is 3.57 Å². The smallest absolute Gasteiger partial charge is 0.113 e. The largest absolute Gasteiger partial charge is 0.383 e. The molecule has 0 amide bonds. The van der Waals surface area contributed by atoms with Crippen molar-refractivity contribution in [1.29, 1.82) is 0 Å². The van der Waals surface area contributed by atoms with Gasteiger partial charge in [-0.05, 0) is 68.3 Å². The topological polar surface area (TPSA) is 20.2 Å². The van der Waals surface area contributed by atoms with Gasteiger partial charge in [0.2, 0.25) is 0 Å². The lowest BCUT2D eigenvalue weighted by Crippen LogP contribution is -1.96. The van der Waals surface area contributed by atoms with Crippen LogP contribution in [0.5, 0.6) is 0 Å². The summed E-state index contributed by atoms with van der Waals surface area (Å²) in [6.45, 7) is 0. The van der Waals surface area contributed by atoms with E-state index in [9.17, 15) is 5.11 Å². The van der Waals surface area contributed by atoms with E-state index in [0.717, 1.165) is 14.2 Å². The SMILES string of the molecule is OC(c1ccc(I)cc1)c1ccc(Br)s1. The van der Waals surface area contributed by atoms with Gasteiger partial charge in [-0.1, -0.05) is 12.1 Å². The molecule has 0 bridgehead atoms. The number of thiophene rings is 1. The summed E-state index contributed by atoms with van der Waals surface area (Å²) in [6.07, 6.45) is -0.515. The summed E-state index contributed by atoms with van der Waals surface area (Å²) < 4.78 is 2.22. The van der Waals surface area contributed by atoms with Gasteiger partial charge < -0.3 is 5.11 Å². The van der Waals surface area contributed by atoms with E-state index in [0.29, 0.717) is 0 Å². The Balaban J connectivity index is 2.28. The lowest BCUT2D eigenvalue weighted by Gasteiger charge is -2.08. The number of benzene rings is 1. The van der Waals surface area contributed by atoms with Gasteiger partial charge in [0.15, 0.2) is 0 Å². The van der Waals surface area contributed by atoms with Crippen LogP contribution < -0.4 is 0 Å². The Labute approximate surface area is 114 Å². The summed E-state index contributed by atoms with van der Waals surface area (Å²) >= 11 is 7.20. The molecule has 1 unspecified atom stereocenters. The van der Waals surface area contributed by atoms with Gasteiger partial charge in [-0.25, -0.2) is 0 Å². The van der Waals surface area contributed by atoms with Crippen LogP contribution in [0.3, 0.4) is 0 Å². The summed E-state index contributed by atoms with van der Waals surface area (Å²) in [5, 5.41) is 10.1. The van der Waals surface area contributed by atoms with Crippen molar-refractivity contribution in [3.05, 3.63) is 54.2 Å². The Kier molecular flexibility index (Phi) is 3.82. The van der Waals surface area contributed by atoms with Crippen LogP contribution in [0, 0.1) is 3.57 Å². The monoisotopic (exact) mass is 394 g/mol. The van der Waals surface area contributed by atoms with Gasteiger partial charge in [0.25, 0.3) is 0 Å². The van der Waals surface area contributed by atoms with E-state index in [2.05, 4.69) is 38.5 Å². The molecule has 0 saturated carbocycles. The molecule has 2 aromatic rings. The standard InChI is InChI=1S/C11H8BrIOS/c12-10-6-5-9(15-10)11(14)7-1-3-8(13)4-2-7/h1-6,11,14H. The fraction of sp³-hybridized carbons (Fsp3) is 0.0909. The maximum Gasteiger partial charge on any atom is 0.113 e. The Bertz CT molecular complexity index is 452. The second kappa shape index (κ2) is 4.95. The summed E-state index contributed by atoms with van der Waals surface area (Å²) in [4.78, 5) is 0.961. The molecule has 0 fully saturated rings. The molecule has 15 heavy (non-hydrogen) atoms. The highest BCUT2D eigenvalue weighted by Gasteiger charge is 2.11. The first-order chi connectivity index (χ1) is 7.16. The molecule has 1 atom stereocenters. The average molecular weight is 395 g/mol. The molecule has 4 heteroatoms. The van der Waals surface area contributed by atoms with E-state index in [1.807, 2.05) is 36.4 Å². The highest BCUT2D eigenvalue weighted by Crippen LogP contribution is 2.31. The maximum atomic E-state index is 10.1. The summed E-state index contributed by atoms with van der Waals surface area (Å²) in [7, 11) is 0. The molecule has 0 saturated heterocycles. The zero-order valence-electron chi connectivity index (χ0n) is 7.65. The van der Waals surface area contributed by atoms with Crippen LogP contribution in [0.2, 0.25) is 0 Å². The van der Waals surface area contributed by atoms with Crippen LogP contribution in [-0.4, -0.2) is 5.11 Å². The van der Waals surface area contributed by atoms with Gasteiger partial charge in [0.05, 0.1) is 3.79 Å². The summed E-state index contributed by atoms with van der Waals surface area (Å²) in [5.74, 6) is 0. The van der Waals surface area contributed by atoms with Crippen molar-refractivity contribution in [3.8, 4) is 0 Å². The first kappa shape index (κ1) is 11.6. The third kappa shape index (κ3) is 2.81. The van der Waals surface area contributed by atoms with Crippen LogP contribution >= 0.6 is 49.9 Å². The molecule has 0 aliphatic rings. The zero-order valence-corrected chi connectivity index (χ0v) is 12.2. The van der Waals surface area contributed by atoms with E-state index in [4.69, 9.17) is 0 Å². The number of aliphatic hydroxyl groups is 1. The van der Waals surface area contributed by atoms with Crippen molar-refractivity contribution in [3.63, 3.8) is 0 Å². The second-order valence-corrected chi connectivity index (χ2v) is 6.84. The van der Waals surface area contributed by atoms with Crippen LogP contribution in [0.15, 0.2) is 40.2 Å². The molecule has 0 radical (unpaired) electrons. The molecule has 1 N–H and O–H groups in total. The normalized spacial score (nSPS) is 12.7. The summed E-state index contributed by atoms with van der Waals surface area (Å²) in [5.41, 5.74) is 0.935. The zero-order chi connectivity index (χ0) is 10.8. The first-order valence-electron chi connectivity index (χ1n) is 4.35. The highest BCUT2D eigenvalue weighted by atomic mass is 127. The van der Waals surface area contributed by atoms with Crippen LogP contribution in [0.1, 0.15) is 16.5 Å². The van der Waals surface area contributed by atoms with Crippen molar-refractivity contribution in [2.75, 3.05) is 0 Å². The van der Waals surface area contributed by atoms with Gasteiger partial charge in [0, 0.05) is 8.45 Å². The fourth-order valence-corrected chi connectivity index (χ4v) is 3.08. The maximum absolute atomic E-state index is 10.1. The van der Waals surface area contributed by atoms with Crippen LogP contribution in [0.4, 0.5) is 0 Å². The third-order valence-electron chi connectivity index (χ3n) is 2.05. The van der Waals surface area contributed by atoms with Gasteiger partial charge in [-0.15, -0.1) is 11.3 Å². The van der Waals surface area contributed by atoms with E-state index in [-0.39, 0.29) is 0 Å². The minimum atomic E-state index is -0.515. The van der Waals surface area contributed by atoms with E-state index < -0.39 is 6.10 Å². The Morgan fingerprint density at radius 2 is 1.80 bits per heavy atom. The molecule has 1 aromatic carbocycles. The fourth-order valence-electron chi connectivity index (χ4n) is 1.28. The van der Waals surface area contributed by atoms with E-state index >= 15 is 0 Å². The third-order valence-corrected chi connectivity index (χ3v) is 4.44. The van der Waals surface area contributed by atoms with Crippen molar-refractivity contribution >= 4 is 49.9 Å². The number of halogens is 2. The minimum absolute atomic E-state index is 0.515. The van der Waals surface area contributed by atoms with E-state index in [1.54, 1.807) is 11.3 Å². The second-order valence-electron chi connectivity index (χ2n) is 3.10. The Hall–Kier alpha value is 0.0900. The van der Waals surface area contributed by atoms with Crippen molar-refractivity contribution < 1.29 is 5.11 Å². The van der Waals surface area contributed by atoms with Gasteiger partial charge in [0.1, 0.15) is 6.10 Å². The molecule has 1 aromatic heterocycles. The molecule has 1 heterocycles. The lowest BCUT2D eigenvalue weighted by atomic mass is 10.1. The van der Waals surface area contributed by atoms with Gasteiger partial charge in [-0.3, -0.25) is 0 Å². The predicted octanol–water partition coefficient (Wildman–Crippen LogP) is 4.20. The number of rotatable bonds is 2. The number of hydrogen-bond donors (Lipinski definition) is 1. The average Bonchev–Trinajstić information content (AvgIpc) is 2.65. The minimum Gasteiger partial charge on any atom is -0.383 e. The van der Waals surface area contributed by atoms with Crippen molar-refractivity contribution in [1.82, 2.24) is 0 Å². The van der Waals surface area contributed by atoms with Gasteiger partial charge in [-0.2, -0.15) is 0 Å². The molecule has 0 spiro atoms. The quantitative estimate of drug-likeness (QED) is 0.757. The molecule has 0 aliphatic heterocycles. The first-order valence-corrected chi connectivity index (χ1v) is 7.04. The molecular weight excluding hydrogens is 387 g/mol. The Morgan fingerprint density at radius 1 is 1.13 bits per heavy atom. The lowest BCUT2D eigenvalue weighted by molar-refractivity contribution is 0.224. The molecule has 2 rings (SSSR count). The predicted molar refractivity (Wildman–Crippen MR) is 75.2 cm³/mol. The van der Waals surface area contributed by atoms with Crippen molar-refractivity contribution in [2.24, 2.45) is 0 Å².